The number of fused-ring (bicyclic) bond motifs is 1. The molecule has 0 radical (unpaired) electrons. The fourth-order valence-corrected chi connectivity index (χ4v) is 4.99. The summed E-state index contributed by atoms with van der Waals surface area (Å²) in [7, 11) is 0. The highest BCUT2D eigenvalue weighted by Gasteiger charge is 2.45. The first kappa shape index (κ1) is 21.2. The van der Waals surface area contributed by atoms with Crippen LogP contribution in [0.15, 0.2) is 30.3 Å². The van der Waals surface area contributed by atoms with Crippen LogP contribution in [0.3, 0.4) is 0 Å². The molecule has 1 saturated heterocycles. The van der Waals surface area contributed by atoms with Crippen LogP contribution in [-0.2, 0) is 17.6 Å². The van der Waals surface area contributed by atoms with Crippen LogP contribution in [0.2, 0.25) is 5.02 Å². The second kappa shape index (κ2) is 8.35. The Morgan fingerprint density at radius 1 is 1.00 bits per heavy atom. The Balaban J connectivity index is 1.50. The van der Waals surface area contributed by atoms with Crippen molar-refractivity contribution in [2.45, 2.75) is 62.1 Å². The van der Waals surface area contributed by atoms with E-state index in [1.807, 2.05) is 6.07 Å². The maximum absolute atomic E-state index is 10.7. The van der Waals surface area contributed by atoms with Gasteiger partial charge in [0.1, 0.15) is 36.3 Å². The SMILES string of the molecule is OCC1OC(c2cc(Cc3ccc(C4CC4)cc3)c(Cl)c3c2CCO3)[C@H](O)[C@@H](O)[C@@H]1O. The van der Waals surface area contributed by atoms with Crippen LogP contribution in [0.5, 0.6) is 5.75 Å². The summed E-state index contributed by atoms with van der Waals surface area (Å²) in [5.41, 5.74) is 4.84. The first-order valence-electron chi connectivity index (χ1n) is 10.8. The molecule has 1 saturated carbocycles. The fourth-order valence-electron chi connectivity index (χ4n) is 4.70. The molecule has 5 rings (SSSR count). The van der Waals surface area contributed by atoms with E-state index in [2.05, 4.69) is 24.3 Å². The van der Waals surface area contributed by atoms with E-state index in [-0.39, 0.29) is 0 Å². The third kappa shape index (κ3) is 3.86. The van der Waals surface area contributed by atoms with Crippen LogP contribution >= 0.6 is 11.6 Å². The Morgan fingerprint density at radius 3 is 2.42 bits per heavy atom. The molecule has 2 unspecified atom stereocenters. The van der Waals surface area contributed by atoms with Gasteiger partial charge < -0.3 is 29.9 Å². The average Bonchev–Trinajstić information content (AvgIpc) is 3.51. The van der Waals surface area contributed by atoms with Crippen molar-refractivity contribution in [1.29, 1.82) is 0 Å². The molecule has 4 N–H and O–H groups in total. The van der Waals surface area contributed by atoms with Crippen molar-refractivity contribution in [1.82, 2.24) is 0 Å². The fraction of sp³-hybridized carbons (Fsp3) is 0.500. The van der Waals surface area contributed by atoms with E-state index >= 15 is 0 Å². The van der Waals surface area contributed by atoms with Gasteiger partial charge in [0.15, 0.2) is 0 Å². The highest BCUT2D eigenvalue weighted by Crippen LogP contribution is 2.45. The zero-order valence-corrected chi connectivity index (χ0v) is 17.8. The van der Waals surface area contributed by atoms with Crippen LogP contribution in [0, 0.1) is 0 Å². The summed E-state index contributed by atoms with van der Waals surface area (Å²) < 4.78 is 11.6. The van der Waals surface area contributed by atoms with Crippen molar-refractivity contribution in [3.63, 3.8) is 0 Å². The van der Waals surface area contributed by atoms with Gasteiger partial charge in [0.2, 0.25) is 0 Å². The molecule has 2 aromatic rings. The molecule has 7 heteroatoms. The monoisotopic (exact) mass is 446 g/mol. The Hall–Kier alpha value is -1.67. The Labute approximate surface area is 186 Å². The number of benzene rings is 2. The van der Waals surface area contributed by atoms with Crippen LogP contribution < -0.4 is 4.74 Å². The van der Waals surface area contributed by atoms with Gasteiger partial charge in [-0.3, -0.25) is 0 Å². The van der Waals surface area contributed by atoms with Crippen molar-refractivity contribution in [2.24, 2.45) is 0 Å². The average molecular weight is 447 g/mol. The maximum atomic E-state index is 10.7. The molecular weight excluding hydrogens is 420 g/mol. The number of hydrogen-bond donors (Lipinski definition) is 4. The smallest absolute Gasteiger partial charge is 0.141 e. The Morgan fingerprint density at radius 2 is 1.74 bits per heavy atom. The number of rotatable bonds is 5. The quantitative estimate of drug-likeness (QED) is 0.562. The van der Waals surface area contributed by atoms with E-state index in [0.717, 1.165) is 16.7 Å². The van der Waals surface area contributed by atoms with E-state index in [1.54, 1.807) is 0 Å². The summed E-state index contributed by atoms with van der Waals surface area (Å²) in [4.78, 5) is 0. The maximum Gasteiger partial charge on any atom is 0.141 e. The molecule has 3 aliphatic rings. The van der Waals surface area contributed by atoms with Crippen LogP contribution in [0.1, 0.15) is 52.7 Å². The van der Waals surface area contributed by atoms with Crippen molar-refractivity contribution in [2.75, 3.05) is 13.2 Å². The molecule has 5 atom stereocenters. The first-order chi connectivity index (χ1) is 15.0. The second-order valence-electron chi connectivity index (χ2n) is 8.79. The third-order valence-corrected chi connectivity index (χ3v) is 7.07. The minimum absolute atomic E-state index is 0.464. The lowest BCUT2D eigenvalue weighted by atomic mass is 9.87. The summed E-state index contributed by atoms with van der Waals surface area (Å²) in [5, 5.41) is 41.2. The first-order valence-corrected chi connectivity index (χ1v) is 11.2. The molecule has 2 aromatic carbocycles. The highest BCUT2D eigenvalue weighted by molar-refractivity contribution is 6.33. The van der Waals surface area contributed by atoms with Gasteiger partial charge in [-0.1, -0.05) is 41.9 Å². The predicted octanol–water partition coefficient (Wildman–Crippen LogP) is 2.26. The molecule has 0 bridgehead atoms. The van der Waals surface area contributed by atoms with Gasteiger partial charge in [0, 0.05) is 12.0 Å². The molecule has 166 valence electrons. The van der Waals surface area contributed by atoms with Crippen molar-refractivity contribution in [3.8, 4) is 5.75 Å². The molecule has 31 heavy (non-hydrogen) atoms. The third-order valence-electron chi connectivity index (χ3n) is 6.65. The van der Waals surface area contributed by atoms with E-state index in [0.29, 0.717) is 41.7 Å². The molecule has 1 aliphatic carbocycles. The summed E-state index contributed by atoms with van der Waals surface area (Å²) in [5.74, 6) is 1.28. The molecule has 2 heterocycles. The van der Waals surface area contributed by atoms with Gasteiger partial charge >= 0.3 is 0 Å². The molecule has 0 amide bonds. The van der Waals surface area contributed by atoms with Gasteiger partial charge in [-0.25, -0.2) is 0 Å². The van der Waals surface area contributed by atoms with Crippen molar-refractivity contribution < 1.29 is 29.9 Å². The molecule has 0 spiro atoms. The van der Waals surface area contributed by atoms with E-state index in [9.17, 15) is 20.4 Å². The minimum Gasteiger partial charge on any atom is -0.491 e. The molecule has 6 nitrogen and oxygen atoms in total. The van der Waals surface area contributed by atoms with Crippen molar-refractivity contribution >= 4 is 11.6 Å². The number of halogens is 1. The van der Waals surface area contributed by atoms with Crippen LogP contribution in [0.25, 0.3) is 0 Å². The summed E-state index contributed by atoms with van der Waals surface area (Å²) >= 11 is 6.69. The molecule has 0 aromatic heterocycles. The van der Waals surface area contributed by atoms with Crippen LogP contribution in [0.4, 0.5) is 0 Å². The predicted molar refractivity (Wildman–Crippen MR) is 115 cm³/mol. The second-order valence-corrected chi connectivity index (χ2v) is 9.17. The van der Waals surface area contributed by atoms with Gasteiger partial charge in [-0.05, 0) is 47.4 Å². The van der Waals surface area contributed by atoms with Gasteiger partial charge in [0.25, 0.3) is 0 Å². The van der Waals surface area contributed by atoms with Gasteiger partial charge in [-0.15, -0.1) is 0 Å². The lowest BCUT2D eigenvalue weighted by molar-refractivity contribution is -0.231. The summed E-state index contributed by atoms with van der Waals surface area (Å²) in [6.45, 7) is 0.00689. The zero-order valence-electron chi connectivity index (χ0n) is 17.1. The highest BCUT2D eigenvalue weighted by atomic mass is 35.5. The zero-order chi connectivity index (χ0) is 21.7. The Kier molecular flexibility index (Phi) is 5.71. The molecule has 2 fully saturated rings. The molecule has 2 aliphatic heterocycles. The van der Waals surface area contributed by atoms with Crippen LogP contribution in [-0.4, -0.2) is 58.1 Å². The van der Waals surface area contributed by atoms with Gasteiger partial charge in [-0.2, -0.15) is 0 Å². The number of aliphatic hydroxyl groups excluding tert-OH is 4. The van der Waals surface area contributed by atoms with Crippen molar-refractivity contribution in [3.05, 3.63) is 63.2 Å². The standard InChI is InChI=1S/C24H27ClO6/c25-19-15(9-12-1-3-13(4-2-12)14-5-6-14)10-17(16-7-8-30-23(16)19)24-22(29)21(28)20(27)18(11-26)31-24/h1-4,10,14,18,20-22,24,26-29H,5-9,11H2/t18?,20-,21+,22-,24?/m1/s1. The minimum atomic E-state index is -1.43. The Bertz CT molecular complexity index is 956. The summed E-state index contributed by atoms with van der Waals surface area (Å²) in [6.07, 6.45) is -2.31. The topological polar surface area (TPSA) is 99.4 Å². The molecular formula is C24H27ClO6. The van der Waals surface area contributed by atoms with Gasteiger partial charge in [0.05, 0.1) is 18.2 Å². The van der Waals surface area contributed by atoms with E-state index in [4.69, 9.17) is 21.1 Å². The number of ether oxygens (including phenoxy) is 2. The number of hydrogen-bond acceptors (Lipinski definition) is 6. The lowest BCUT2D eigenvalue weighted by Gasteiger charge is -2.40. The normalized spacial score (nSPS) is 30.2. The number of aliphatic hydroxyl groups is 4. The largest absolute Gasteiger partial charge is 0.491 e. The van der Waals surface area contributed by atoms with E-state index < -0.39 is 37.1 Å². The van der Waals surface area contributed by atoms with E-state index in [1.165, 1.54) is 18.4 Å². The lowest BCUT2D eigenvalue weighted by Crippen LogP contribution is -2.55. The summed E-state index contributed by atoms with van der Waals surface area (Å²) in [6, 6.07) is 10.5.